The molecule has 2 N–H and O–H groups in total. The van der Waals surface area contributed by atoms with E-state index in [1.807, 2.05) is 12.1 Å². The van der Waals surface area contributed by atoms with E-state index in [1.54, 1.807) is 12.1 Å². The van der Waals surface area contributed by atoms with E-state index < -0.39 is 0 Å². The monoisotopic (exact) mass is 327 g/mol. The van der Waals surface area contributed by atoms with Crippen LogP contribution in [0.5, 0.6) is 5.75 Å². The molecule has 7 nitrogen and oxygen atoms in total. The Hall–Kier alpha value is -1.83. The summed E-state index contributed by atoms with van der Waals surface area (Å²) in [5.74, 6) is 0.490. The molecule has 0 saturated carbocycles. The zero-order valence-electron chi connectivity index (χ0n) is 13.5. The number of anilines is 1. The zero-order valence-corrected chi connectivity index (χ0v) is 13.5. The maximum Gasteiger partial charge on any atom is 0.307 e. The summed E-state index contributed by atoms with van der Waals surface area (Å²) in [4.78, 5) is 10.8. The number of rotatable bonds is 13. The largest absolute Gasteiger partial charge is 0.491 e. The van der Waals surface area contributed by atoms with Crippen LogP contribution in [0.4, 0.5) is 5.69 Å². The summed E-state index contributed by atoms with van der Waals surface area (Å²) in [6, 6.07) is 7.21. The minimum atomic E-state index is -0.277. The number of ether oxygens (including phenoxy) is 5. The molecule has 0 fully saturated rings. The van der Waals surface area contributed by atoms with Crippen LogP contribution in [-0.4, -0.2) is 59.3 Å². The lowest BCUT2D eigenvalue weighted by Gasteiger charge is -2.08. The molecule has 7 heteroatoms. The number of methoxy groups -OCH3 is 1. The predicted molar refractivity (Wildman–Crippen MR) is 85.4 cm³/mol. The molecule has 0 saturated heterocycles. The quantitative estimate of drug-likeness (QED) is 0.331. The molecule has 0 bridgehead atoms. The zero-order chi connectivity index (χ0) is 16.8. The normalized spacial score (nSPS) is 10.5. The molecule has 0 amide bonds. The van der Waals surface area contributed by atoms with E-state index in [-0.39, 0.29) is 12.4 Å². The van der Waals surface area contributed by atoms with Gasteiger partial charge < -0.3 is 29.4 Å². The summed E-state index contributed by atoms with van der Waals surface area (Å²) in [5.41, 5.74) is 6.29. The molecule has 23 heavy (non-hydrogen) atoms. The maximum atomic E-state index is 10.8. The SMILES string of the molecule is COC(=O)CCOCCOCCOCCOc1ccc(N)cc1. The van der Waals surface area contributed by atoms with Crippen molar-refractivity contribution in [2.45, 2.75) is 6.42 Å². The lowest BCUT2D eigenvalue weighted by atomic mass is 10.3. The Balaban J connectivity index is 1.81. The van der Waals surface area contributed by atoms with Crippen molar-refractivity contribution in [1.82, 2.24) is 0 Å². The van der Waals surface area contributed by atoms with Crippen LogP contribution in [0.2, 0.25) is 0 Å². The van der Waals surface area contributed by atoms with Gasteiger partial charge in [-0.1, -0.05) is 0 Å². The summed E-state index contributed by atoms with van der Waals surface area (Å²) in [7, 11) is 1.35. The van der Waals surface area contributed by atoms with Gasteiger partial charge in [-0.05, 0) is 24.3 Å². The second kappa shape index (κ2) is 12.7. The highest BCUT2D eigenvalue weighted by atomic mass is 16.6. The van der Waals surface area contributed by atoms with E-state index in [9.17, 15) is 4.79 Å². The molecule has 1 aromatic carbocycles. The van der Waals surface area contributed by atoms with Crippen molar-refractivity contribution in [2.24, 2.45) is 0 Å². The van der Waals surface area contributed by atoms with E-state index in [2.05, 4.69) is 4.74 Å². The number of nitrogens with two attached hydrogens (primary N) is 1. The fourth-order valence-corrected chi connectivity index (χ4v) is 1.58. The number of hydrogen-bond donors (Lipinski definition) is 1. The minimum Gasteiger partial charge on any atom is -0.491 e. The molecule has 0 radical (unpaired) electrons. The lowest BCUT2D eigenvalue weighted by molar-refractivity contribution is -0.141. The third-order valence-electron chi connectivity index (χ3n) is 2.80. The number of carbonyl (C=O) groups is 1. The molecular formula is C16H25NO6. The van der Waals surface area contributed by atoms with Crippen molar-refractivity contribution in [3.05, 3.63) is 24.3 Å². The van der Waals surface area contributed by atoms with Crippen molar-refractivity contribution in [3.63, 3.8) is 0 Å². The van der Waals surface area contributed by atoms with E-state index in [0.29, 0.717) is 51.9 Å². The molecule has 0 aliphatic rings. The van der Waals surface area contributed by atoms with Gasteiger partial charge in [0.15, 0.2) is 0 Å². The molecule has 0 heterocycles. The lowest BCUT2D eigenvalue weighted by Crippen LogP contribution is -2.13. The third-order valence-corrected chi connectivity index (χ3v) is 2.80. The number of benzene rings is 1. The van der Waals surface area contributed by atoms with Gasteiger partial charge in [0, 0.05) is 5.69 Å². The minimum absolute atomic E-state index is 0.258. The second-order valence-electron chi connectivity index (χ2n) is 4.58. The highest BCUT2D eigenvalue weighted by molar-refractivity contribution is 5.69. The standard InChI is InChI=1S/C16H25NO6/c1-19-16(18)6-7-20-8-9-21-10-11-22-12-13-23-15-4-2-14(17)3-5-15/h2-5H,6-13,17H2,1H3. The smallest absolute Gasteiger partial charge is 0.307 e. The van der Waals surface area contributed by atoms with Crippen LogP contribution < -0.4 is 10.5 Å². The summed E-state index contributed by atoms with van der Waals surface area (Å²) in [6.07, 6.45) is 0.258. The van der Waals surface area contributed by atoms with Gasteiger partial charge in [-0.3, -0.25) is 4.79 Å². The van der Waals surface area contributed by atoms with Gasteiger partial charge in [-0.2, -0.15) is 0 Å². The van der Waals surface area contributed by atoms with Crippen LogP contribution in [0.25, 0.3) is 0 Å². The van der Waals surface area contributed by atoms with Gasteiger partial charge in [-0.25, -0.2) is 0 Å². The van der Waals surface area contributed by atoms with Crippen molar-refractivity contribution in [1.29, 1.82) is 0 Å². The summed E-state index contributed by atoms with van der Waals surface area (Å²) in [6.45, 7) is 3.19. The van der Waals surface area contributed by atoms with Crippen molar-refractivity contribution >= 4 is 11.7 Å². The van der Waals surface area contributed by atoms with Crippen LogP contribution >= 0.6 is 0 Å². The third kappa shape index (κ3) is 10.5. The highest BCUT2D eigenvalue weighted by Gasteiger charge is 1.99. The van der Waals surface area contributed by atoms with Crippen LogP contribution in [0.3, 0.4) is 0 Å². The molecule has 1 aromatic rings. The molecule has 0 spiro atoms. The first-order valence-electron chi connectivity index (χ1n) is 7.50. The van der Waals surface area contributed by atoms with E-state index in [1.165, 1.54) is 7.11 Å². The summed E-state index contributed by atoms with van der Waals surface area (Å²) in [5, 5.41) is 0. The van der Waals surface area contributed by atoms with Crippen molar-refractivity contribution < 1.29 is 28.5 Å². The van der Waals surface area contributed by atoms with E-state index in [4.69, 9.17) is 24.7 Å². The summed E-state index contributed by atoms with van der Waals surface area (Å²) < 4.78 is 25.9. The number of esters is 1. The van der Waals surface area contributed by atoms with Gasteiger partial charge in [-0.15, -0.1) is 0 Å². The second-order valence-corrected chi connectivity index (χ2v) is 4.58. The van der Waals surface area contributed by atoms with Gasteiger partial charge in [0.25, 0.3) is 0 Å². The Labute approximate surface area is 136 Å². The van der Waals surface area contributed by atoms with Crippen LogP contribution in [0, 0.1) is 0 Å². The van der Waals surface area contributed by atoms with E-state index >= 15 is 0 Å². The molecule has 130 valence electrons. The Kier molecular flexibility index (Phi) is 10.6. The first kappa shape index (κ1) is 19.2. The van der Waals surface area contributed by atoms with Crippen LogP contribution in [0.15, 0.2) is 24.3 Å². The first-order chi connectivity index (χ1) is 11.2. The van der Waals surface area contributed by atoms with Crippen LogP contribution in [0.1, 0.15) is 6.42 Å². The number of carbonyl (C=O) groups excluding carboxylic acids is 1. The number of hydrogen-bond acceptors (Lipinski definition) is 7. The Morgan fingerprint density at radius 2 is 1.39 bits per heavy atom. The molecular weight excluding hydrogens is 302 g/mol. The fraction of sp³-hybridized carbons (Fsp3) is 0.562. The van der Waals surface area contributed by atoms with Gasteiger partial charge >= 0.3 is 5.97 Å². The molecule has 0 atom stereocenters. The first-order valence-corrected chi connectivity index (χ1v) is 7.50. The molecule has 1 rings (SSSR count). The van der Waals surface area contributed by atoms with Crippen molar-refractivity contribution in [3.8, 4) is 5.75 Å². The Morgan fingerprint density at radius 1 is 0.870 bits per heavy atom. The maximum absolute atomic E-state index is 10.8. The average molecular weight is 327 g/mol. The van der Waals surface area contributed by atoms with Gasteiger partial charge in [0.2, 0.25) is 0 Å². The molecule has 0 aliphatic carbocycles. The molecule has 0 aliphatic heterocycles. The fourth-order valence-electron chi connectivity index (χ4n) is 1.58. The summed E-state index contributed by atoms with van der Waals surface area (Å²) >= 11 is 0. The average Bonchev–Trinajstić information content (AvgIpc) is 2.57. The molecule has 0 unspecified atom stereocenters. The van der Waals surface area contributed by atoms with E-state index in [0.717, 1.165) is 5.75 Å². The van der Waals surface area contributed by atoms with Gasteiger partial charge in [0.05, 0.1) is 53.2 Å². The Bertz CT molecular complexity index is 423. The molecule has 0 aromatic heterocycles. The highest BCUT2D eigenvalue weighted by Crippen LogP contribution is 2.12. The van der Waals surface area contributed by atoms with Crippen LogP contribution in [-0.2, 0) is 23.7 Å². The Morgan fingerprint density at radius 3 is 1.96 bits per heavy atom. The topological polar surface area (TPSA) is 89.2 Å². The van der Waals surface area contributed by atoms with Crippen molar-refractivity contribution in [2.75, 3.05) is 59.1 Å². The van der Waals surface area contributed by atoms with Gasteiger partial charge in [0.1, 0.15) is 12.4 Å². The number of nitrogen functional groups attached to an aromatic ring is 1. The predicted octanol–water partition coefficient (Wildman–Crippen LogP) is 1.26.